The third-order valence-corrected chi connectivity index (χ3v) is 3.43. The quantitative estimate of drug-likeness (QED) is 0.747. The summed E-state index contributed by atoms with van der Waals surface area (Å²) in [5.74, 6) is 0.705. The molecule has 0 saturated carbocycles. The molecule has 1 aliphatic heterocycles. The number of hydrogen-bond acceptors (Lipinski definition) is 1. The van der Waals surface area contributed by atoms with Gasteiger partial charge < -0.3 is 9.88 Å². The van der Waals surface area contributed by atoms with Crippen LogP contribution in [0.25, 0.3) is 10.9 Å². The number of benzene rings is 1. The molecular weight excluding hydrogens is 184 g/mol. The van der Waals surface area contributed by atoms with Crippen molar-refractivity contribution in [3.05, 3.63) is 36.0 Å². The highest BCUT2D eigenvalue weighted by atomic mass is 14.9. The maximum atomic E-state index is 3.44. The van der Waals surface area contributed by atoms with Crippen molar-refractivity contribution in [2.24, 2.45) is 7.05 Å². The second kappa shape index (κ2) is 3.38. The molecule has 0 radical (unpaired) electrons. The first-order chi connectivity index (χ1) is 7.36. The minimum atomic E-state index is 0.705. The lowest BCUT2D eigenvalue weighted by molar-refractivity contribution is 0.763. The first kappa shape index (κ1) is 8.98. The largest absolute Gasteiger partial charge is 0.350 e. The molecule has 0 bridgehead atoms. The van der Waals surface area contributed by atoms with Gasteiger partial charge in [-0.05, 0) is 30.5 Å². The Kier molecular flexibility index (Phi) is 2.03. The van der Waals surface area contributed by atoms with Gasteiger partial charge in [-0.15, -0.1) is 0 Å². The Morgan fingerprint density at radius 1 is 1.33 bits per heavy atom. The summed E-state index contributed by atoms with van der Waals surface area (Å²) in [5.41, 5.74) is 2.86. The molecule has 1 N–H and O–H groups in total. The van der Waals surface area contributed by atoms with Crippen molar-refractivity contribution in [3.63, 3.8) is 0 Å². The van der Waals surface area contributed by atoms with Gasteiger partial charge in [0.1, 0.15) is 0 Å². The van der Waals surface area contributed by atoms with Gasteiger partial charge in [0.05, 0.1) is 0 Å². The summed E-state index contributed by atoms with van der Waals surface area (Å²) in [6, 6.07) is 8.68. The van der Waals surface area contributed by atoms with Crippen LogP contribution in [0.4, 0.5) is 0 Å². The molecule has 78 valence electrons. The SMILES string of the molecule is Cn1cc([C@@H]2CCNC2)c2ccccc21. The van der Waals surface area contributed by atoms with Crippen LogP contribution >= 0.6 is 0 Å². The van der Waals surface area contributed by atoms with Crippen LogP contribution in [-0.4, -0.2) is 17.7 Å². The molecule has 1 saturated heterocycles. The van der Waals surface area contributed by atoms with Crippen molar-refractivity contribution in [2.45, 2.75) is 12.3 Å². The molecule has 2 heterocycles. The van der Waals surface area contributed by atoms with Crippen molar-refractivity contribution in [3.8, 4) is 0 Å². The predicted molar refractivity (Wildman–Crippen MR) is 63.1 cm³/mol. The molecule has 0 unspecified atom stereocenters. The molecular formula is C13H16N2. The Morgan fingerprint density at radius 2 is 2.20 bits per heavy atom. The fourth-order valence-corrected chi connectivity index (χ4v) is 2.62. The molecule has 2 heteroatoms. The molecule has 2 aromatic rings. The lowest BCUT2D eigenvalue weighted by Crippen LogP contribution is -2.07. The van der Waals surface area contributed by atoms with Gasteiger partial charge in [-0.2, -0.15) is 0 Å². The van der Waals surface area contributed by atoms with E-state index in [0.29, 0.717) is 5.92 Å². The minimum Gasteiger partial charge on any atom is -0.350 e. The zero-order chi connectivity index (χ0) is 10.3. The average molecular weight is 200 g/mol. The van der Waals surface area contributed by atoms with Crippen LogP contribution < -0.4 is 5.32 Å². The number of nitrogens with zero attached hydrogens (tertiary/aromatic N) is 1. The Balaban J connectivity index is 2.17. The molecule has 3 rings (SSSR count). The molecule has 2 nitrogen and oxygen atoms in total. The third-order valence-electron chi connectivity index (χ3n) is 3.43. The first-order valence-corrected chi connectivity index (χ1v) is 5.61. The van der Waals surface area contributed by atoms with Crippen molar-refractivity contribution in [2.75, 3.05) is 13.1 Å². The molecule has 1 atom stereocenters. The molecule has 1 fully saturated rings. The van der Waals surface area contributed by atoms with Gasteiger partial charge in [-0.1, -0.05) is 18.2 Å². The number of fused-ring (bicyclic) bond motifs is 1. The van der Waals surface area contributed by atoms with E-state index in [1.165, 1.54) is 22.9 Å². The Bertz CT molecular complexity index is 478. The van der Waals surface area contributed by atoms with Gasteiger partial charge in [-0.25, -0.2) is 0 Å². The second-order valence-electron chi connectivity index (χ2n) is 4.40. The van der Waals surface area contributed by atoms with Crippen LogP contribution in [0.3, 0.4) is 0 Å². The second-order valence-corrected chi connectivity index (χ2v) is 4.40. The van der Waals surface area contributed by atoms with Crippen LogP contribution in [0.2, 0.25) is 0 Å². The summed E-state index contributed by atoms with van der Waals surface area (Å²) < 4.78 is 2.24. The van der Waals surface area contributed by atoms with E-state index in [4.69, 9.17) is 0 Å². The smallest absolute Gasteiger partial charge is 0.0480 e. The number of nitrogens with one attached hydrogen (secondary N) is 1. The van der Waals surface area contributed by atoms with Crippen molar-refractivity contribution < 1.29 is 0 Å². The maximum Gasteiger partial charge on any atom is 0.0480 e. The van der Waals surface area contributed by atoms with E-state index in [1.807, 2.05) is 0 Å². The van der Waals surface area contributed by atoms with Crippen LogP contribution in [-0.2, 0) is 7.05 Å². The lowest BCUT2D eigenvalue weighted by atomic mass is 9.98. The van der Waals surface area contributed by atoms with Crippen molar-refractivity contribution in [1.82, 2.24) is 9.88 Å². The maximum absolute atomic E-state index is 3.44. The summed E-state index contributed by atoms with van der Waals surface area (Å²) in [7, 11) is 2.13. The first-order valence-electron chi connectivity index (χ1n) is 5.61. The van der Waals surface area contributed by atoms with Crippen molar-refractivity contribution >= 4 is 10.9 Å². The molecule has 0 aliphatic carbocycles. The normalized spacial score (nSPS) is 21.3. The minimum absolute atomic E-state index is 0.705. The molecule has 15 heavy (non-hydrogen) atoms. The highest BCUT2D eigenvalue weighted by Crippen LogP contribution is 2.30. The van der Waals surface area contributed by atoms with E-state index in [2.05, 4.69) is 47.4 Å². The van der Waals surface area contributed by atoms with E-state index >= 15 is 0 Å². The topological polar surface area (TPSA) is 17.0 Å². The zero-order valence-electron chi connectivity index (χ0n) is 9.03. The van der Waals surface area contributed by atoms with Gasteiger partial charge in [0, 0.05) is 30.7 Å². The summed E-state index contributed by atoms with van der Waals surface area (Å²) in [4.78, 5) is 0. The monoisotopic (exact) mass is 200 g/mol. The van der Waals surface area contributed by atoms with Crippen LogP contribution in [0.1, 0.15) is 17.9 Å². The fraction of sp³-hybridized carbons (Fsp3) is 0.385. The summed E-state index contributed by atoms with van der Waals surface area (Å²) >= 11 is 0. The van der Waals surface area contributed by atoms with Crippen LogP contribution in [0.15, 0.2) is 30.5 Å². The Hall–Kier alpha value is -1.28. The van der Waals surface area contributed by atoms with Crippen molar-refractivity contribution in [1.29, 1.82) is 0 Å². The summed E-state index contributed by atoms with van der Waals surface area (Å²) in [6.45, 7) is 2.29. The lowest BCUT2D eigenvalue weighted by Gasteiger charge is -2.05. The molecule has 1 aromatic carbocycles. The fourth-order valence-electron chi connectivity index (χ4n) is 2.62. The van der Waals surface area contributed by atoms with Gasteiger partial charge in [0.25, 0.3) is 0 Å². The predicted octanol–water partition coefficient (Wildman–Crippen LogP) is 2.26. The van der Waals surface area contributed by atoms with Gasteiger partial charge in [-0.3, -0.25) is 0 Å². The third kappa shape index (κ3) is 1.37. The highest BCUT2D eigenvalue weighted by Gasteiger charge is 2.20. The number of aromatic nitrogens is 1. The average Bonchev–Trinajstić information content (AvgIpc) is 2.87. The molecule has 0 spiro atoms. The van der Waals surface area contributed by atoms with E-state index in [9.17, 15) is 0 Å². The Morgan fingerprint density at radius 3 is 3.00 bits per heavy atom. The standard InChI is InChI=1S/C13H16N2/c1-15-9-12(10-6-7-14-8-10)11-4-2-3-5-13(11)15/h2-5,9-10,14H,6-8H2,1H3/t10-/m1/s1. The number of rotatable bonds is 1. The highest BCUT2D eigenvalue weighted by molar-refractivity contribution is 5.84. The van der Waals surface area contributed by atoms with Crippen LogP contribution in [0.5, 0.6) is 0 Å². The van der Waals surface area contributed by atoms with Gasteiger partial charge in [0.15, 0.2) is 0 Å². The molecule has 1 aliphatic rings. The van der Waals surface area contributed by atoms with Gasteiger partial charge in [0.2, 0.25) is 0 Å². The van der Waals surface area contributed by atoms with E-state index < -0.39 is 0 Å². The number of para-hydroxylation sites is 1. The van der Waals surface area contributed by atoms with E-state index in [-0.39, 0.29) is 0 Å². The summed E-state index contributed by atoms with van der Waals surface area (Å²) in [6.07, 6.45) is 3.57. The summed E-state index contributed by atoms with van der Waals surface area (Å²) in [5, 5.41) is 4.86. The number of aryl methyl sites for hydroxylation is 1. The molecule has 0 amide bonds. The van der Waals surface area contributed by atoms with Gasteiger partial charge >= 0.3 is 0 Å². The molecule has 1 aromatic heterocycles. The van der Waals surface area contributed by atoms with E-state index in [0.717, 1.165) is 13.1 Å². The van der Waals surface area contributed by atoms with Crippen LogP contribution in [0, 0.1) is 0 Å². The Labute approximate surface area is 89.9 Å². The van der Waals surface area contributed by atoms with E-state index in [1.54, 1.807) is 0 Å². The number of hydrogen-bond donors (Lipinski definition) is 1. The zero-order valence-corrected chi connectivity index (χ0v) is 9.03.